The average molecular weight is 236 g/mol. The number of hydrogen-bond donors (Lipinski definition) is 1. The van der Waals surface area contributed by atoms with Crippen LogP contribution >= 0.6 is 0 Å². The van der Waals surface area contributed by atoms with Crippen molar-refractivity contribution in [1.82, 2.24) is 4.98 Å². The molecule has 94 valence electrons. The van der Waals surface area contributed by atoms with E-state index < -0.39 is 0 Å². The van der Waals surface area contributed by atoms with E-state index in [0.29, 0.717) is 12.6 Å². The van der Waals surface area contributed by atoms with Gasteiger partial charge in [-0.15, -0.1) is 0 Å². The molecule has 0 amide bonds. The molecule has 0 aliphatic heterocycles. The molecule has 1 N–H and O–H groups in total. The lowest BCUT2D eigenvalue weighted by Gasteiger charge is -2.24. The number of methoxy groups -OCH3 is 1. The highest BCUT2D eigenvalue weighted by Crippen LogP contribution is 2.30. The van der Waals surface area contributed by atoms with E-state index in [0.717, 1.165) is 23.6 Å². The van der Waals surface area contributed by atoms with Crippen molar-refractivity contribution in [1.29, 1.82) is 0 Å². The minimum Gasteiger partial charge on any atom is -0.392 e. The van der Waals surface area contributed by atoms with Crippen LogP contribution in [0.1, 0.15) is 24.1 Å². The normalized spacial score (nSPS) is 15.0. The lowest BCUT2D eigenvalue weighted by Crippen LogP contribution is -2.30. The number of ether oxygens (including phenoxy) is 1. The number of hydrogen-bond acceptors (Lipinski definition) is 4. The predicted octanol–water partition coefficient (Wildman–Crippen LogP) is 1.50. The second-order valence-electron chi connectivity index (χ2n) is 4.55. The van der Waals surface area contributed by atoms with Crippen molar-refractivity contribution in [3.05, 3.63) is 23.4 Å². The maximum absolute atomic E-state index is 9.23. The maximum atomic E-state index is 9.23. The first-order chi connectivity index (χ1) is 8.24. The third-order valence-corrected chi connectivity index (χ3v) is 3.00. The van der Waals surface area contributed by atoms with Gasteiger partial charge < -0.3 is 14.7 Å². The van der Waals surface area contributed by atoms with Crippen LogP contribution in [0.5, 0.6) is 0 Å². The van der Waals surface area contributed by atoms with Gasteiger partial charge in [0.05, 0.1) is 13.2 Å². The standard InChI is InChI=1S/C13H20N2O2/c1-10-7-11(9-16)8-13(14-10)15(5-6-17-2)12-3-4-12/h7-8,12,16H,3-6,9H2,1-2H3. The van der Waals surface area contributed by atoms with E-state index in [1.807, 2.05) is 19.1 Å². The van der Waals surface area contributed by atoms with Gasteiger partial charge in [-0.2, -0.15) is 0 Å². The molecule has 1 aromatic rings. The molecule has 1 aliphatic carbocycles. The third kappa shape index (κ3) is 3.17. The van der Waals surface area contributed by atoms with Crippen molar-refractivity contribution < 1.29 is 9.84 Å². The zero-order chi connectivity index (χ0) is 12.3. The molecule has 4 nitrogen and oxygen atoms in total. The second kappa shape index (κ2) is 5.47. The number of pyridine rings is 1. The maximum Gasteiger partial charge on any atom is 0.129 e. The highest BCUT2D eigenvalue weighted by molar-refractivity contribution is 5.45. The van der Waals surface area contributed by atoms with Gasteiger partial charge in [0.15, 0.2) is 0 Å². The van der Waals surface area contributed by atoms with Crippen LogP contribution in [0.3, 0.4) is 0 Å². The molecular formula is C13H20N2O2. The van der Waals surface area contributed by atoms with E-state index in [2.05, 4.69) is 9.88 Å². The molecule has 0 atom stereocenters. The van der Waals surface area contributed by atoms with Crippen molar-refractivity contribution in [2.24, 2.45) is 0 Å². The van der Waals surface area contributed by atoms with E-state index in [4.69, 9.17) is 4.74 Å². The molecule has 1 saturated carbocycles. The van der Waals surface area contributed by atoms with E-state index in [1.54, 1.807) is 7.11 Å². The van der Waals surface area contributed by atoms with Crippen molar-refractivity contribution in [2.75, 3.05) is 25.2 Å². The summed E-state index contributed by atoms with van der Waals surface area (Å²) in [6, 6.07) is 4.50. The highest BCUT2D eigenvalue weighted by atomic mass is 16.5. The van der Waals surface area contributed by atoms with E-state index in [1.165, 1.54) is 12.8 Å². The number of aryl methyl sites for hydroxylation is 1. The van der Waals surface area contributed by atoms with Crippen molar-refractivity contribution in [3.63, 3.8) is 0 Å². The molecule has 0 saturated heterocycles. The zero-order valence-corrected chi connectivity index (χ0v) is 10.5. The van der Waals surface area contributed by atoms with E-state index >= 15 is 0 Å². The second-order valence-corrected chi connectivity index (χ2v) is 4.55. The summed E-state index contributed by atoms with van der Waals surface area (Å²) in [4.78, 5) is 6.84. The van der Waals surface area contributed by atoms with Crippen LogP contribution in [0.25, 0.3) is 0 Å². The number of aliphatic hydroxyl groups excluding tert-OH is 1. The fourth-order valence-corrected chi connectivity index (χ4v) is 2.02. The third-order valence-electron chi connectivity index (χ3n) is 3.00. The van der Waals surface area contributed by atoms with Gasteiger partial charge in [0, 0.05) is 25.4 Å². The Labute approximate surface area is 102 Å². The Kier molecular flexibility index (Phi) is 3.97. The van der Waals surface area contributed by atoms with Crippen LogP contribution in [-0.4, -0.2) is 36.4 Å². The van der Waals surface area contributed by atoms with Crippen molar-refractivity contribution in [3.8, 4) is 0 Å². The van der Waals surface area contributed by atoms with Crippen LogP contribution in [-0.2, 0) is 11.3 Å². The fraction of sp³-hybridized carbons (Fsp3) is 0.615. The molecule has 0 spiro atoms. The summed E-state index contributed by atoms with van der Waals surface area (Å²) in [5.41, 5.74) is 1.88. The van der Waals surface area contributed by atoms with Crippen LogP contribution in [0.4, 0.5) is 5.82 Å². The van der Waals surface area contributed by atoms with Gasteiger partial charge in [-0.25, -0.2) is 4.98 Å². The van der Waals surface area contributed by atoms with E-state index in [-0.39, 0.29) is 6.61 Å². The van der Waals surface area contributed by atoms with Crippen LogP contribution in [0, 0.1) is 6.92 Å². The topological polar surface area (TPSA) is 45.6 Å². The number of nitrogens with zero attached hydrogens (tertiary/aromatic N) is 2. The van der Waals surface area contributed by atoms with Gasteiger partial charge in [-0.05, 0) is 37.5 Å². The number of aliphatic hydroxyl groups is 1. The summed E-state index contributed by atoms with van der Waals surface area (Å²) in [5.74, 6) is 0.966. The lowest BCUT2D eigenvalue weighted by molar-refractivity contribution is 0.204. The smallest absolute Gasteiger partial charge is 0.129 e. The molecule has 1 heterocycles. The van der Waals surface area contributed by atoms with E-state index in [9.17, 15) is 5.11 Å². The lowest BCUT2D eigenvalue weighted by atomic mass is 10.2. The molecule has 0 bridgehead atoms. The molecule has 4 heteroatoms. The van der Waals surface area contributed by atoms with Gasteiger partial charge in [-0.1, -0.05) is 0 Å². The zero-order valence-electron chi connectivity index (χ0n) is 10.5. The van der Waals surface area contributed by atoms with Crippen LogP contribution in [0.15, 0.2) is 12.1 Å². The SMILES string of the molecule is COCCN(c1cc(CO)cc(C)n1)C1CC1. The van der Waals surface area contributed by atoms with Crippen molar-refractivity contribution >= 4 is 5.82 Å². The Hall–Kier alpha value is -1.13. The first kappa shape index (κ1) is 12.3. The molecule has 2 rings (SSSR count). The van der Waals surface area contributed by atoms with Crippen molar-refractivity contribution in [2.45, 2.75) is 32.4 Å². The first-order valence-electron chi connectivity index (χ1n) is 6.08. The van der Waals surface area contributed by atoms with Gasteiger partial charge in [0.2, 0.25) is 0 Å². The predicted molar refractivity (Wildman–Crippen MR) is 67.1 cm³/mol. The van der Waals surface area contributed by atoms with Gasteiger partial charge in [0.25, 0.3) is 0 Å². The number of aromatic nitrogens is 1. The van der Waals surface area contributed by atoms with Gasteiger partial charge >= 0.3 is 0 Å². The quantitative estimate of drug-likeness (QED) is 0.813. The Morgan fingerprint density at radius 1 is 1.47 bits per heavy atom. The molecule has 0 unspecified atom stereocenters. The summed E-state index contributed by atoms with van der Waals surface area (Å²) >= 11 is 0. The Balaban J connectivity index is 2.18. The van der Waals surface area contributed by atoms with Crippen LogP contribution in [0.2, 0.25) is 0 Å². The van der Waals surface area contributed by atoms with Gasteiger partial charge in [-0.3, -0.25) is 0 Å². The Morgan fingerprint density at radius 3 is 2.82 bits per heavy atom. The largest absolute Gasteiger partial charge is 0.392 e. The van der Waals surface area contributed by atoms with Gasteiger partial charge in [0.1, 0.15) is 5.82 Å². The molecule has 1 fully saturated rings. The number of anilines is 1. The summed E-state index contributed by atoms with van der Waals surface area (Å²) in [7, 11) is 1.72. The first-order valence-corrected chi connectivity index (χ1v) is 6.08. The Bertz CT molecular complexity index is 378. The number of rotatable bonds is 6. The molecule has 1 aromatic heterocycles. The molecule has 0 radical (unpaired) electrons. The molecular weight excluding hydrogens is 216 g/mol. The molecule has 17 heavy (non-hydrogen) atoms. The minimum atomic E-state index is 0.0686. The minimum absolute atomic E-state index is 0.0686. The monoisotopic (exact) mass is 236 g/mol. The highest BCUT2D eigenvalue weighted by Gasteiger charge is 2.29. The molecule has 0 aromatic carbocycles. The van der Waals surface area contributed by atoms with Crippen LogP contribution < -0.4 is 4.90 Å². The average Bonchev–Trinajstić information content (AvgIpc) is 3.13. The summed E-state index contributed by atoms with van der Waals surface area (Å²) in [5, 5.41) is 9.23. The fourth-order valence-electron chi connectivity index (χ4n) is 2.02. The Morgan fingerprint density at radius 2 is 2.24 bits per heavy atom. The summed E-state index contributed by atoms with van der Waals surface area (Å²) in [6.07, 6.45) is 2.46. The summed E-state index contributed by atoms with van der Waals surface area (Å²) < 4.78 is 5.14. The summed E-state index contributed by atoms with van der Waals surface area (Å²) in [6.45, 7) is 3.60. The molecule has 1 aliphatic rings.